The predicted octanol–water partition coefficient (Wildman–Crippen LogP) is 3.49. The number of carbonyl (C=O) groups is 1. The van der Waals surface area contributed by atoms with Crippen LogP contribution in [0.1, 0.15) is 24.5 Å². The van der Waals surface area contributed by atoms with Crippen molar-refractivity contribution in [2.24, 2.45) is 0 Å². The van der Waals surface area contributed by atoms with Crippen LogP contribution in [-0.2, 0) is 4.79 Å². The van der Waals surface area contributed by atoms with E-state index in [9.17, 15) is 4.79 Å². The number of oxazole rings is 1. The van der Waals surface area contributed by atoms with Gasteiger partial charge in [-0.3, -0.25) is 4.79 Å². The highest BCUT2D eigenvalue weighted by atomic mass is 35.5. The van der Waals surface area contributed by atoms with E-state index in [1.54, 1.807) is 38.1 Å². The van der Waals surface area contributed by atoms with Crippen LogP contribution in [0.2, 0.25) is 5.02 Å². The molecule has 0 saturated carbocycles. The number of benzene rings is 1. The lowest BCUT2D eigenvalue weighted by Crippen LogP contribution is -2.07. The van der Waals surface area contributed by atoms with Gasteiger partial charge in [0.1, 0.15) is 17.4 Å². The number of carboxylic acids is 1. The lowest BCUT2D eigenvalue weighted by Gasteiger charge is -2.05. The first kappa shape index (κ1) is 12.6. The Morgan fingerprint density at radius 2 is 2.00 bits per heavy atom. The van der Waals surface area contributed by atoms with Crippen LogP contribution in [0.3, 0.4) is 0 Å². The average Bonchev–Trinajstić information content (AvgIpc) is 2.71. The largest absolute Gasteiger partial charge is 0.481 e. The van der Waals surface area contributed by atoms with Gasteiger partial charge >= 0.3 is 5.97 Å². The summed E-state index contributed by atoms with van der Waals surface area (Å²) in [7, 11) is 0. The number of aryl methyl sites for hydroxylation is 1. The van der Waals surface area contributed by atoms with Gasteiger partial charge in [0, 0.05) is 17.5 Å². The number of halogens is 1. The smallest absolute Gasteiger partial charge is 0.314 e. The number of hydrogen-bond donors (Lipinski definition) is 1. The van der Waals surface area contributed by atoms with Gasteiger partial charge < -0.3 is 9.52 Å². The molecule has 0 aliphatic carbocycles. The monoisotopic (exact) mass is 265 g/mol. The molecule has 2 rings (SSSR count). The Kier molecular flexibility index (Phi) is 3.39. The summed E-state index contributed by atoms with van der Waals surface area (Å²) >= 11 is 5.82. The Hall–Kier alpha value is -1.81. The molecule has 1 aromatic carbocycles. The van der Waals surface area contributed by atoms with Crippen molar-refractivity contribution in [3.63, 3.8) is 0 Å². The van der Waals surface area contributed by atoms with Crippen molar-refractivity contribution in [1.29, 1.82) is 0 Å². The van der Waals surface area contributed by atoms with Crippen molar-refractivity contribution in [2.45, 2.75) is 19.8 Å². The van der Waals surface area contributed by atoms with E-state index < -0.39 is 11.9 Å². The fourth-order valence-corrected chi connectivity index (χ4v) is 1.79. The van der Waals surface area contributed by atoms with Gasteiger partial charge in [0.2, 0.25) is 0 Å². The van der Waals surface area contributed by atoms with Gasteiger partial charge in [-0.2, -0.15) is 0 Å². The summed E-state index contributed by atoms with van der Waals surface area (Å²) in [5.41, 5.74) is 1.35. The molecule has 0 aliphatic heterocycles. The summed E-state index contributed by atoms with van der Waals surface area (Å²) in [6.07, 6.45) is 0. The number of aliphatic carboxylic acids is 1. The van der Waals surface area contributed by atoms with Crippen molar-refractivity contribution in [1.82, 2.24) is 4.98 Å². The van der Waals surface area contributed by atoms with Gasteiger partial charge in [-0.15, -0.1) is 0 Å². The van der Waals surface area contributed by atoms with E-state index in [0.29, 0.717) is 22.4 Å². The zero-order chi connectivity index (χ0) is 13.3. The molecule has 0 bridgehead atoms. The van der Waals surface area contributed by atoms with Crippen LogP contribution in [0.4, 0.5) is 0 Å². The second-order valence-corrected chi connectivity index (χ2v) is 4.45. The van der Waals surface area contributed by atoms with Crippen LogP contribution in [0.15, 0.2) is 28.7 Å². The third-order valence-electron chi connectivity index (χ3n) is 2.64. The highest BCUT2D eigenvalue weighted by molar-refractivity contribution is 6.30. The molecular formula is C13H12ClNO3. The van der Waals surface area contributed by atoms with E-state index in [1.807, 2.05) is 0 Å². The standard InChI is InChI=1S/C13H12ClNO3/c1-7(13(16)17)12-11(15-8(2)18-12)9-3-5-10(14)6-4-9/h3-7H,1-2H3,(H,16,17). The van der Waals surface area contributed by atoms with Crippen molar-refractivity contribution < 1.29 is 14.3 Å². The van der Waals surface area contributed by atoms with Crippen LogP contribution in [0.25, 0.3) is 11.3 Å². The Balaban J connectivity index is 2.50. The van der Waals surface area contributed by atoms with Gasteiger partial charge in [-0.25, -0.2) is 4.98 Å². The van der Waals surface area contributed by atoms with E-state index in [-0.39, 0.29) is 0 Å². The van der Waals surface area contributed by atoms with E-state index in [2.05, 4.69) is 4.98 Å². The average molecular weight is 266 g/mol. The first-order valence-corrected chi connectivity index (χ1v) is 5.83. The molecule has 1 unspecified atom stereocenters. The molecule has 0 aliphatic rings. The number of carboxylic acid groups (broad SMARTS) is 1. The van der Waals surface area contributed by atoms with Gasteiger partial charge in [0.25, 0.3) is 0 Å². The van der Waals surface area contributed by atoms with Gasteiger partial charge in [0.15, 0.2) is 5.89 Å². The lowest BCUT2D eigenvalue weighted by molar-refractivity contribution is -0.138. The normalized spacial score (nSPS) is 12.4. The number of aromatic nitrogens is 1. The van der Waals surface area contributed by atoms with Crippen LogP contribution >= 0.6 is 11.6 Å². The van der Waals surface area contributed by atoms with Crippen molar-refractivity contribution in [3.05, 3.63) is 40.9 Å². The molecule has 0 saturated heterocycles. The maximum absolute atomic E-state index is 11.0. The van der Waals surface area contributed by atoms with Crippen molar-refractivity contribution >= 4 is 17.6 Å². The number of hydrogen-bond acceptors (Lipinski definition) is 3. The molecule has 0 fully saturated rings. The van der Waals surface area contributed by atoms with Crippen LogP contribution in [0.5, 0.6) is 0 Å². The van der Waals surface area contributed by atoms with E-state index in [4.69, 9.17) is 21.1 Å². The molecule has 0 amide bonds. The second kappa shape index (κ2) is 4.82. The molecule has 2 aromatic rings. The summed E-state index contributed by atoms with van der Waals surface area (Å²) in [6, 6.07) is 7.04. The molecule has 0 radical (unpaired) electrons. The second-order valence-electron chi connectivity index (χ2n) is 4.01. The molecule has 5 heteroatoms. The van der Waals surface area contributed by atoms with Crippen LogP contribution in [-0.4, -0.2) is 16.1 Å². The fraction of sp³-hybridized carbons (Fsp3) is 0.231. The summed E-state index contributed by atoms with van der Waals surface area (Å²) in [4.78, 5) is 15.3. The minimum atomic E-state index is -0.943. The maximum atomic E-state index is 11.0. The lowest BCUT2D eigenvalue weighted by atomic mass is 10.0. The van der Waals surface area contributed by atoms with Gasteiger partial charge in [0.05, 0.1) is 0 Å². The molecule has 1 heterocycles. The zero-order valence-electron chi connectivity index (χ0n) is 9.98. The molecule has 4 nitrogen and oxygen atoms in total. The van der Waals surface area contributed by atoms with Crippen LogP contribution in [0, 0.1) is 6.92 Å². The Labute approximate surface area is 109 Å². The molecule has 1 aromatic heterocycles. The highest BCUT2D eigenvalue weighted by Gasteiger charge is 2.24. The van der Waals surface area contributed by atoms with Gasteiger partial charge in [-0.1, -0.05) is 23.7 Å². The maximum Gasteiger partial charge on any atom is 0.314 e. The molecule has 1 N–H and O–H groups in total. The summed E-state index contributed by atoms with van der Waals surface area (Å²) in [6.45, 7) is 3.26. The van der Waals surface area contributed by atoms with E-state index in [0.717, 1.165) is 5.56 Å². The highest BCUT2D eigenvalue weighted by Crippen LogP contribution is 2.30. The first-order chi connectivity index (χ1) is 8.49. The molecule has 18 heavy (non-hydrogen) atoms. The summed E-state index contributed by atoms with van der Waals surface area (Å²) in [5, 5.41) is 9.67. The van der Waals surface area contributed by atoms with Crippen molar-refractivity contribution in [3.8, 4) is 11.3 Å². The number of nitrogens with zero attached hydrogens (tertiary/aromatic N) is 1. The third kappa shape index (κ3) is 2.38. The summed E-state index contributed by atoms with van der Waals surface area (Å²) < 4.78 is 5.40. The van der Waals surface area contributed by atoms with Gasteiger partial charge in [-0.05, 0) is 19.1 Å². The quantitative estimate of drug-likeness (QED) is 0.923. The summed E-state index contributed by atoms with van der Waals surface area (Å²) in [5.74, 6) is -0.872. The number of rotatable bonds is 3. The Morgan fingerprint density at radius 1 is 1.39 bits per heavy atom. The zero-order valence-corrected chi connectivity index (χ0v) is 10.7. The first-order valence-electron chi connectivity index (χ1n) is 5.45. The minimum absolute atomic E-state index is 0.363. The SMILES string of the molecule is Cc1nc(-c2ccc(Cl)cc2)c(C(C)C(=O)O)o1. The van der Waals surface area contributed by atoms with Crippen LogP contribution < -0.4 is 0 Å². The van der Waals surface area contributed by atoms with E-state index >= 15 is 0 Å². The molecule has 94 valence electrons. The topological polar surface area (TPSA) is 63.3 Å². The van der Waals surface area contributed by atoms with Crippen molar-refractivity contribution in [2.75, 3.05) is 0 Å². The van der Waals surface area contributed by atoms with E-state index in [1.165, 1.54) is 0 Å². The fourth-order valence-electron chi connectivity index (χ4n) is 1.66. The molecular weight excluding hydrogens is 254 g/mol. The molecule has 1 atom stereocenters. The third-order valence-corrected chi connectivity index (χ3v) is 2.89. The minimum Gasteiger partial charge on any atom is -0.481 e. The molecule has 0 spiro atoms. The Bertz CT molecular complexity index is 574. The Morgan fingerprint density at radius 3 is 2.56 bits per heavy atom. The predicted molar refractivity (Wildman–Crippen MR) is 67.7 cm³/mol.